The predicted octanol–water partition coefficient (Wildman–Crippen LogP) is 2.20. The van der Waals surface area contributed by atoms with E-state index < -0.39 is 10.0 Å². The molecule has 0 spiro atoms. The van der Waals surface area contributed by atoms with Gasteiger partial charge in [-0.3, -0.25) is 0 Å². The van der Waals surface area contributed by atoms with Gasteiger partial charge in [0.05, 0.1) is 11.5 Å². The van der Waals surface area contributed by atoms with Gasteiger partial charge in [0.1, 0.15) is 5.75 Å². The van der Waals surface area contributed by atoms with Gasteiger partial charge in [-0.15, -0.1) is 12.4 Å². The Labute approximate surface area is 144 Å². The van der Waals surface area contributed by atoms with Gasteiger partial charge >= 0.3 is 0 Å². The first kappa shape index (κ1) is 18.5. The molecule has 0 saturated carbocycles. The minimum atomic E-state index is -3.43. The highest BCUT2D eigenvalue weighted by molar-refractivity contribution is 7.89. The number of sulfonamides is 1. The predicted molar refractivity (Wildman–Crippen MR) is 93.0 cm³/mol. The summed E-state index contributed by atoms with van der Waals surface area (Å²) in [5, 5.41) is 3.30. The van der Waals surface area contributed by atoms with Crippen molar-refractivity contribution in [1.29, 1.82) is 0 Å². The molecule has 0 radical (unpaired) electrons. The van der Waals surface area contributed by atoms with Crippen LogP contribution in [0, 0.1) is 0 Å². The Kier molecular flexibility index (Phi) is 6.31. The smallest absolute Gasteiger partial charge is 0.243 e. The van der Waals surface area contributed by atoms with Crippen molar-refractivity contribution >= 4 is 22.4 Å². The number of ether oxygens (including phenoxy) is 1. The largest absolute Gasteiger partial charge is 0.493 e. The first-order valence-electron chi connectivity index (χ1n) is 8.11. The van der Waals surface area contributed by atoms with Crippen LogP contribution in [-0.4, -0.2) is 45.0 Å². The molecule has 5 nitrogen and oxygen atoms in total. The van der Waals surface area contributed by atoms with Gasteiger partial charge in [-0.2, -0.15) is 4.31 Å². The summed E-state index contributed by atoms with van der Waals surface area (Å²) < 4.78 is 33.4. The molecule has 1 aromatic carbocycles. The summed E-state index contributed by atoms with van der Waals surface area (Å²) in [6, 6.07) is 5.38. The molecule has 0 unspecified atom stereocenters. The Balaban J connectivity index is 0.00000192. The van der Waals surface area contributed by atoms with Crippen LogP contribution in [-0.2, 0) is 16.4 Å². The summed E-state index contributed by atoms with van der Waals surface area (Å²) >= 11 is 0. The average Bonchev–Trinajstić information content (AvgIpc) is 3.00. The summed E-state index contributed by atoms with van der Waals surface area (Å²) in [6.07, 6.45) is 3.39. The van der Waals surface area contributed by atoms with Gasteiger partial charge in [-0.05, 0) is 56.1 Å². The second kappa shape index (κ2) is 7.83. The Morgan fingerprint density at radius 2 is 2.04 bits per heavy atom. The molecule has 1 fully saturated rings. The van der Waals surface area contributed by atoms with E-state index in [2.05, 4.69) is 5.32 Å². The van der Waals surface area contributed by atoms with Gasteiger partial charge in [-0.25, -0.2) is 8.42 Å². The number of fused-ring (bicyclic) bond motifs is 1. The van der Waals surface area contributed by atoms with Crippen LogP contribution in [0.2, 0.25) is 0 Å². The Morgan fingerprint density at radius 1 is 1.30 bits per heavy atom. The number of nitrogens with one attached hydrogen (secondary N) is 1. The molecule has 3 rings (SSSR count). The average molecular weight is 361 g/mol. The van der Waals surface area contributed by atoms with E-state index in [4.69, 9.17) is 4.74 Å². The maximum Gasteiger partial charge on any atom is 0.243 e. The third-order valence-corrected chi connectivity index (χ3v) is 6.38. The van der Waals surface area contributed by atoms with Crippen LogP contribution in [0.3, 0.4) is 0 Å². The summed E-state index contributed by atoms with van der Waals surface area (Å²) in [5.41, 5.74) is 1.00. The number of hydrogen-bond acceptors (Lipinski definition) is 4. The Hall–Kier alpha value is -0.820. The normalized spacial score (nSPS) is 18.3. The minimum Gasteiger partial charge on any atom is -0.493 e. The van der Waals surface area contributed by atoms with Gasteiger partial charge in [0.15, 0.2) is 0 Å². The summed E-state index contributed by atoms with van der Waals surface area (Å²) in [6.45, 7) is 5.03. The van der Waals surface area contributed by atoms with Crippen molar-refractivity contribution in [2.45, 2.75) is 43.5 Å². The molecular weight excluding hydrogens is 336 g/mol. The second-order valence-corrected chi connectivity index (χ2v) is 7.86. The van der Waals surface area contributed by atoms with Crippen molar-refractivity contribution in [3.63, 3.8) is 0 Å². The van der Waals surface area contributed by atoms with Gasteiger partial charge in [-0.1, -0.05) is 6.92 Å². The number of halogens is 1. The number of nitrogens with zero attached hydrogens (tertiary/aromatic N) is 1. The molecule has 2 aliphatic heterocycles. The van der Waals surface area contributed by atoms with Crippen molar-refractivity contribution in [2.24, 2.45) is 0 Å². The minimum absolute atomic E-state index is 0. The highest BCUT2D eigenvalue weighted by Crippen LogP contribution is 2.30. The van der Waals surface area contributed by atoms with Crippen LogP contribution in [0.4, 0.5) is 0 Å². The third kappa shape index (κ3) is 3.82. The molecule has 130 valence electrons. The first-order chi connectivity index (χ1) is 10.6. The topological polar surface area (TPSA) is 58.6 Å². The van der Waals surface area contributed by atoms with E-state index in [9.17, 15) is 8.42 Å². The molecule has 23 heavy (non-hydrogen) atoms. The molecule has 0 aromatic heterocycles. The molecule has 0 amide bonds. The van der Waals surface area contributed by atoms with Crippen molar-refractivity contribution in [1.82, 2.24) is 9.62 Å². The van der Waals surface area contributed by atoms with Crippen molar-refractivity contribution in [3.05, 3.63) is 23.8 Å². The van der Waals surface area contributed by atoms with E-state index in [1.807, 2.05) is 6.92 Å². The molecule has 0 aliphatic carbocycles. The van der Waals surface area contributed by atoms with E-state index in [1.165, 1.54) is 0 Å². The van der Waals surface area contributed by atoms with Crippen molar-refractivity contribution < 1.29 is 13.2 Å². The monoisotopic (exact) mass is 360 g/mol. The number of hydrogen-bond donors (Lipinski definition) is 1. The summed E-state index contributed by atoms with van der Waals surface area (Å²) in [7, 11) is -3.43. The van der Waals surface area contributed by atoms with Crippen molar-refractivity contribution in [3.8, 4) is 5.75 Å². The van der Waals surface area contributed by atoms with Crippen LogP contribution < -0.4 is 10.1 Å². The van der Waals surface area contributed by atoms with Gasteiger partial charge < -0.3 is 10.1 Å². The fraction of sp³-hybridized carbons (Fsp3) is 0.625. The molecule has 1 N–H and O–H groups in total. The van der Waals surface area contributed by atoms with E-state index in [-0.39, 0.29) is 18.4 Å². The maximum atomic E-state index is 13.1. The zero-order chi connectivity index (χ0) is 15.6. The maximum absolute atomic E-state index is 13.1. The zero-order valence-electron chi connectivity index (χ0n) is 13.5. The van der Waals surface area contributed by atoms with Gasteiger partial charge in [0, 0.05) is 19.0 Å². The fourth-order valence-electron chi connectivity index (χ4n) is 3.27. The Morgan fingerprint density at radius 3 is 2.74 bits per heavy atom. The Bertz CT molecular complexity index is 630. The lowest BCUT2D eigenvalue weighted by Crippen LogP contribution is -2.46. The molecule has 7 heteroatoms. The highest BCUT2D eigenvalue weighted by Gasteiger charge is 2.32. The molecule has 0 bridgehead atoms. The van der Waals surface area contributed by atoms with Crippen molar-refractivity contribution in [2.75, 3.05) is 26.2 Å². The second-order valence-electron chi connectivity index (χ2n) is 5.96. The fourth-order valence-corrected chi connectivity index (χ4v) is 5.10. The zero-order valence-corrected chi connectivity index (χ0v) is 15.1. The van der Waals surface area contributed by atoms with Gasteiger partial charge in [0.2, 0.25) is 10.0 Å². The summed E-state index contributed by atoms with van der Waals surface area (Å²) in [5.74, 6) is 0.822. The van der Waals surface area contributed by atoms with E-state index >= 15 is 0 Å². The first-order valence-corrected chi connectivity index (χ1v) is 9.55. The van der Waals surface area contributed by atoms with E-state index in [0.717, 1.165) is 50.1 Å². The quantitative estimate of drug-likeness (QED) is 0.874. The number of rotatable bonds is 5. The number of piperidine rings is 1. The lowest BCUT2D eigenvalue weighted by molar-refractivity contribution is 0.262. The molecule has 0 atom stereocenters. The van der Waals surface area contributed by atoms with Gasteiger partial charge in [0.25, 0.3) is 0 Å². The highest BCUT2D eigenvalue weighted by atomic mass is 35.5. The lowest BCUT2D eigenvalue weighted by atomic mass is 10.1. The van der Waals surface area contributed by atoms with Crippen LogP contribution in [0.1, 0.15) is 31.7 Å². The van der Waals surface area contributed by atoms with E-state index in [0.29, 0.717) is 18.0 Å². The molecule has 2 aliphatic rings. The standard InChI is InChI=1S/C16H24N2O3S.ClH/c1-2-10-18(14-5-8-17-9-6-14)22(19,20)15-3-4-16-13(12-15)7-11-21-16;/h3-4,12,14,17H,2,5-11H2,1H3;1H. The SMILES string of the molecule is CCCN(C1CCNCC1)S(=O)(=O)c1ccc2c(c1)CCO2.Cl. The van der Waals surface area contributed by atoms with E-state index in [1.54, 1.807) is 22.5 Å². The number of benzene rings is 1. The molecular formula is C16H25ClN2O3S. The molecule has 1 saturated heterocycles. The van der Waals surface area contributed by atoms with Crippen LogP contribution in [0.15, 0.2) is 23.1 Å². The lowest BCUT2D eigenvalue weighted by Gasteiger charge is -2.33. The van der Waals surface area contributed by atoms with Crippen LogP contribution >= 0.6 is 12.4 Å². The molecule has 2 heterocycles. The van der Waals surface area contributed by atoms with Crippen LogP contribution in [0.25, 0.3) is 0 Å². The summed E-state index contributed by atoms with van der Waals surface area (Å²) in [4.78, 5) is 0.406. The molecule has 1 aromatic rings. The third-order valence-electron chi connectivity index (χ3n) is 4.43. The van der Waals surface area contributed by atoms with Crippen LogP contribution in [0.5, 0.6) is 5.75 Å².